The summed E-state index contributed by atoms with van der Waals surface area (Å²) < 4.78 is 38.1. The predicted molar refractivity (Wildman–Crippen MR) is 39.8 cm³/mol. The molecule has 0 radical (unpaired) electrons. The monoisotopic (exact) mass is 208 g/mol. The topological polar surface area (TPSA) is 43.4 Å². The maximum atomic E-state index is 11.5. The van der Waals surface area contributed by atoms with Crippen molar-refractivity contribution in [2.24, 2.45) is 0 Å². The Bertz CT molecular complexity index is 262. The smallest absolute Gasteiger partial charge is 0.386 e. The second-order valence-corrected chi connectivity index (χ2v) is 2.32. The Morgan fingerprint density at radius 2 is 1.93 bits per heavy atom. The molecule has 3 nitrogen and oxygen atoms in total. The first kappa shape index (κ1) is 12.5. The Balaban J connectivity index is 3.85. The molecule has 0 aliphatic carbocycles. The normalized spacial score (nSPS) is 10.4. The number of halogens is 3. The summed E-state index contributed by atoms with van der Waals surface area (Å²) in [5, 5.41) is 0. The van der Waals surface area contributed by atoms with Gasteiger partial charge >= 0.3 is 18.1 Å². The quantitative estimate of drug-likeness (QED) is 0.305. The zero-order chi connectivity index (χ0) is 11.2. The summed E-state index contributed by atoms with van der Waals surface area (Å²) in [5.74, 6) is -1.53. The number of unbranched alkanes of at least 4 members (excludes halogenated alkanes) is 1. The number of hydrogen-bond donors (Lipinski definition) is 0. The van der Waals surface area contributed by atoms with E-state index < -0.39 is 18.1 Å². The summed E-state index contributed by atoms with van der Waals surface area (Å²) in [5.41, 5.74) is 0. The number of carbonyl (C=O) groups excluding carboxylic acids is 2. The third kappa shape index (κ3) is 5.19. The zero-order valence-electron chi connectivity index (χ0n) is 7.06. The summed E-state index contributed by atoms with van der Waals surface area (Å²) in [6, 6.07) is 0. The molecule has 0 heterocycles. The van der Waals surface area contributed by atoms with Crippen molar-refractivity contribution in [2.45, 2.75) is 25.4 Å². The van der Waals surface area contributed by atoms with E-state index in [0.717, 1.165) is 0 Å². The van der Waals surface area contributed by atoms with Gasteiger partial charge in [-0.05, 0) is 6.42 Å². The molecule has 0 bridgehead atoms. The molecule has 0 amide bonds. The standard InChI is InChI=1S/C8H7F3O3/c1-2-3-4-5-6(12)14-7(13)8(9,10)11/h1H,3-5H2. The van der Waals surface area contributed by atoms with Gasteiger partial charge in [-0.1, -0.05) is 0 Å². The molecule has 0 saturated heterocycles. The number of rotatable bonds is 3. The average Bonchev–Trinajstić information content (AvgIpc) is 2.03. The average molecular weight is 208 g/mol. The highest BCUT2D eigenvalue weighted by molar-refractivity contribution is 5.88. The van der Waals surface area contributed by atoms with Gasteiger partial charge in [-0.3, -0.25) is 4.79 Å². The van der Waals surface area contributed by atoms with Crippen LogP contribution >= 0.6 is 0 Å². The molecular weight excluding hydrogens is 201 g/mol. The molecule has 0 aromatic rings. The van der Waals surface area contributed by atoms with Gasteiger partial charge in [0.05, 0.1) is 0 Å². The van der Waals surface area contributed by atoms with Crippen LogP contribution in [-0.4, -0.2) is 18.1 Å². The molecule has 0 saturated carbocycles. The number of ether oxygens (including phenoxy) is 1. The van der Waals surface area contributed by atoms with Crippen molar-refractivity contribution in [1.82, 2.24) is 0 Å². The van der Waals surface area contributed by atoms with E-state index in [1.165, 1.54) is 0 Å². The Hall–Kier alpha value is -1.51. The van der Waals surface area contributed by atoms with Crippen LogP contribution in [0, 0.1) is 12.3 Å². The minimum atomic E-state index is -5.14. The molecule has 0 aliphatic heterocycles. The van der Waals surface area contributed by atoms with Crippen molar-refractivity contribution < 1.29 is 27.5 Å². The third-order valence-corrected chi connectivity index (χ3v) is 1.14. The first-order valence-electron chi connectivity index (χ1n) is 3.63. The molecule has 14 heavy (non-hydrogen) atoms. The number of carbonyl (C=O) groups is 2. The van der Waals surface area contributed by atoms with Gasteiger partial charge in [0.1, 0.15) is 0 Å². The molecule has 0 rings (SSSR count). The van der Waals surface area contributed by atoms with Crippen LogP contribution in [0.4, 0.5) is 13.2 Å². The fraction of sp³-hybridized carbons (Fsp3) is 0.500. The fourth-order valence-electron chi connectivity index (χ4n) is 0.547. The highest BCUT2D eigenvalue weighted by Crippen LogP contribution is 2.16. The molecule has 0 N–H and O–H groups in total. The highest BCUT2D eigenvalue weighted by atomic mass is 19.4. The van der Waals surface area contributed by atoms with Gasteiger partial charge in [-0.15, -0.1) is 12.3 Å². The fourth-order valence-corrected chi connectivity index (χ4v) is 0.547. The Morgan fingerprint density at radius 1 is 1.36 bits per heavy atom. The summed E-state index contributed by atoms with van der Waals surface area (Å²) in [6.07, 6.45) is -0.160. The lowest BCUT2D eigenvalue weighted by Crippen LogP contribution is -2.27. The molecule has 6 heteroatoms. The van der Waals surface area contributed by atoms with Crippen molar-refractivity contribution in [1.29, 1.82) is 0 Å². The minimum Gasteiger partial charge on any atom is -0.386 e. The van der Waals surface area contributed by atoms with Crippen LogP contribution in [0.15, 0.2) is 0 Å². The summed E-state index contributed by atoms with van der Waals surface area (Å²) in [6.45, 7) is 0. The molecule has 0 aromatic heterocycles. The molecule has 0 spiro atoms. The number of esters is 2. The lowest BCUT2D eigenvalue weighted by molar-refractivity contribution is -0.201. The van der Waals surface area contributed by atoms with Crippen LogP contribution in [0.5, 0.6) is 0 Å². The van der Waals surface area contributed by atoms with E-state index in [4.69, 9.17) is 6.42 Å². The SMILES string of the molecule is C#CCCCC(=O)OC(=O)C(F)(F)F. The van der Waals surface area contributed by atoms with Gasteiger partial charge in [0, 0.05) is 12.8 Å². The van der Waals surface area contributed by atoms with Gasteiger partial charge in [0.2, 0.25) is 0 Å². The number of hydrogen-bond acceptors (Lipinski definition) is 3. The predicted octanol–water partition coefficient (Wildman–Crippen LogP) is 1.42. The van der Waals surface area contributed by atoms with Crippen LogP contribution in [0.3, 0.4) is 0 Å². The van der Waals surface area contributed by atoms with Crippen LogP contribution in [0.2, 0.25) is 0 Å². The van der Waals surface area contributed by atoms with E-state index in [1.54, 1.807) is 0 Å². The van der Waals surface area contributed by atoms with E-state index in [-0.39, 0.29) is 19.3 Å². The molecule has 0 aliphatic rings. The lowest BCUT2D eigenvalue weighted by atomic mass is 10.2. The number of alkyl halides is 3. The van der Waals surface area contributed by atoms with Crippen LogP contribution in [0.1, 0.15) is 19.3 Å². The van der Waals surface area contributed by atoms with Gasteiger partial charge in [0.15, 0.2) is 0 Å². The summed E-state index contributed by atoms with van der Waals surface area (Å²) in [7, 11) is 0. The van der Waals surface area contributed by atoms with Gasteiger partial charge in [-0.25, -0.2) is 4.79 Å². The van der Waals surface area contributed by atoms with Gasteiger partial charge in [0.25, 0.3) is 0 Å². The van der Waals surface area contributed by atoms with Crippen LogP contribution in [-0.2, 0) is 14.3 Å². The van der Waals surface area contributed by atoms with Gasteiger partial charge in [-0.2, -0.15) is 13.2 Å². The zero-order valence-corrected chi connectivity index (χ0v) is 7.06. The molecule has 0 fully saturated rings. The second-order valence-electron chi connectivity index (χ2n) is 2.32. The van der Waals surface area contributed by atoms with E-state index in [9.17, 15) is 22.8 Å². The van der Waals surface area contributed by atoms with Crippen molar-refractivity contribution in [3.63, 3.8) is 0 Å². The van der Waals surface area contributed by atoms with Gasteiger partial charge < -0.3 is 4.74 Å². The highest BCUT2D eigenvalue weighted by Gasteiger charge is 2.42. The van der Waals surface area contributed by atoms with Crippen LogP contribution < -0.4 is 0 Å². The third-order valence-electron chi connectivity index (χ3n) is 1.14. The maximum Gasteiger partial charge on any atom is 0.491 e. The minimum absolute atomic E-state index is 0.195. The summed E-state index contributed by atoms with van der Waals surface area (Å²) >= 11 is 0. The van der Waals surface area contributed by atoms with Crippen molar-refractivity contribution >= 4 is 11.9 Å². The molecule has 0 aromatic carbocycles. The van der Waals surface area contributed by atoms with E-state index in [1.807, 2.05) is 0 Å². The molecular formula is C8H7F3O3. The Morgan fingerprint density at radius 3 is 2.36 bits per heavy atom. The maximum absolute atomic E-state index is 11.5. The largest absolute Gasteiger partial charge is 0.491 e. The Labute approximate surface area is 78.2 Å². The first-order valence-corrected chi connectivity index (χ1v) is 3.63. The van der Waals surface area contributed by atoms with E-state index in [0.29, 0.717) is 0 Å². The van der Waals surface area contributed by atoms with E-state index >= 15 is 0 Å². The Kier molecular flexibility index (Phi) is 4.70. The second kappa shape index (κ2) is 5.27. The van der Waals surface area contributed by atoms with Crippen LogP contribution in [0.25, 0.3) is 0 Å². The van der Waals surface area contributed by atoms with Crippen molar-refractivity contribution in [3.05, 3.63) is 0 Å². The summed E-state index contributed by atoms with van der Waals surface area (Å²) in [4.78, 5) is 20.7. The molecule has 0 unspecified atom stereocenters. The lowest BCUT2D eigenvalue weighted by Gasteiger charge is -2.04. The molecule has 78 valence electrons. The molecule has 0 atom stereocenters. The number of terminal acetylenes is 1. The first-order chi connectivity index (χ1) is 6.38. The van der Waals surface area contributed by atoms with E-state index in [2.05, 4.69) is 10.7 Å². The van der Waals surface area contributed by atoms with Crippen molar-refractivity contribution in [2.75, 3.05) is 0 Å². The van der Waals surface area contributed by atoms with Crippen molar-refractivity contribution in [3.8, 4) is 12.3 Å².